The van der Waals surface area contributed by atoms with Crippen LogP contribution in [0, 0.1) is 0 Å². The molecule has 0 N–H and O–H groups in total. The zero-order chi connectivity index (χ0) is 12.9. The molecule has 0 aromatic carbocycles. The maximum absolute atomic E-state index is 11.2. The summed E-state index contributed by atoms with van der Waals surface area (Å²) < 4.78 is 15.3. The second kappa shape index (κ2) is 11.7. The highest BCUT2D eigenvalue weighted by atomic mass is 16.7. The lowest BCUT2D eigenvalue weighted by Gasteiger charge is -2.14. The van der Waals surface area contributed by atoms with Crippen molar-refractivity contribution in [1.82, 2.24) is 0 Å². The fraction of sp³-hybridized carbons (Fsp3) is 0.923. The highest BCUT2D eigenvalue weighted by molar-refractivity contribution is 5.59. The van der Waals surface area contributed by atoms with Crippen molar-refractivity contribution < 1.29 is 19.0 Å². The third-order valence-electron chi connectivity index (χ3n) is 2.46. The first-order valence-corrected chi connectivity index (χ1v) is 6.65. The van der Waals surface area contributed by atoms with Gasteiger partial charge in [-0.3, -0.25) is 0 Å². The van der Waals surface area contributed by atoms with Crippen molar-refractivity contribution in [3.8, 4) is 0 Å². The van der Waals surface area contributed by atoms with Gasteiger partial charge in [-0.1, -0.05) is 33.1 Å². The molecular weight excluding hydrogens is 220 g/mol. The van der Waals surface area contributed by atoms with Gasteiger partial charge in [0.15, 0.2) is 0 Å². The molecule has 17 heavy (non-hydrogen) atoms. The summed E-state index contributed by atoms with van der Waals surface area (Å²) in [5.41, 5.74) is 0. The summed E-state index contributed by atoms with van der Waals surface area (Å²) in [5, 5.41) is 0. The Kier molecular flexibility index (Phi) is 11.2. The summed E-state index contributed by atoms with van der Waals surface area (Å²) in [6, 6.07) is 0. The highest BCUT2D eigenvalue weighted by Crippen LogP contribution is 2.02. The van der Waals surface area contributed by atoms with Crippen molar-refractivity contribution in [2.45, 2.75) is 59.0 Å². The van der Waals surface area contributed by atoms with E-state index in [1.165, 1.54) is 12.8 Å². The summed E-state index contributed by atoms with van der Waals surface area (Å²) in [4.78, 5) is 11.2. The van der Waals surface area contributed by atoms with Crippen LogP contribution in [0.2, 0.25) is 0 Å². The van der Waals surface area contributed by atoms with Crippen molar-refractivity contribution in [2.24, 2.45) is 0 Å². The smallest absolute Gasteiger partial charge is 0.434 e. The van der Waals surface area contributed by atoms with Crippen LogP contribution in [0.15, 0.2) is 0 Å². The lowest BCUT2D eigenvalue weighted by molar-refractivity contribution is -0.0140. The van der Waals surface area contributed by atoms with Gasteiger partial charge in [-0.2, -0.15) is 0 Å². The molecule has 0 rings (SSSR count). The van der Waals surface area contributed by atoms with E-state index < -0.39 is 6.16 Å². The minimum Gasteiger partial charge on any atom is -0.434 e. The van der Waals surface area contributed by atoms with Gasteiger partial charge < -0.3 is 14.2 Å². The Labute approximate surface area is 105 Å². The topological polar surface area (TPSA) is 44.8 Å². The first-order chi connectivity index (χ1) is 8.24. The second-order valence-corrected chi connectivity index (χ2v) is 3.96. The van der Waals surface area contributed by atoms with Crippen LogP contribution in [-0.2, 0) is 14.2 Å². The fourth-order valence-electron chi connectivity index (χ4n) is 1.41. The zero-order valence-electron chi connectivity index (χ0n) is 11.4. The van der Waals surface area contributed by atoms with Crippen LogP contribution in [0.5, 0.6) is 0 Å². The number of carbonyl (C=O) groups is 1. The van der Waals surface area contributed by atoms with Crippen molar-refractivity contribution in [1.29, 1.82) is 0 Å². The molecule has 4 nitrogen and oxygen atoms in total. The molecule has 0 aromatic heterocycles. The summed E-state index contributed by atoms with van der Waals surface area (Å²) in [5.74, 6) is 0. The third kappa shape index (κ3) is 10.1. The Hall–Kier alpha value is -0.770. The SMILES string of the molecule is CCCCCCOC(=O)OCC(CC)OCC. The standard InChI is InChI=1S/C13H26O4/c1-4-7-8-9-10-16-13(14)17-11-12(5-2)15-6-3/h12H,4-11H2,1-3H3. The van der Waals surface area contributed by atoms with Gasteiger partial charge in [0, 0.05) is 6.61 Å². The number of hydrogen-bond acceptors (Lipinski definition) is 4. The Balaban J connectivity index is 3.44. The van der Waals surface area contributed by atoms with Crippen LogP contribution in [0.4, 0.5) is 4.79 Å². The quantitative estimate of drug-likeness (QED) is 0.437. The third-order valence-corrected chi connectivity index (χ3v) is 2.46. The van der Waals surface area contributed by atoms with E-state index in [0.29, 0.717) is 13.2 Å². The summed E-state index contributed by atoms with van der Waals surface area (Å²) in [6.45, 7) is 7.43. The molecule has 4 heteroatoms. The van der Waals surface area contributed by atoms with E-state index in [0.717, 1.165) is 19.3 Å². The van der Waals surface area contributed by atoms with Crippen molar-refractivity contribution in [2.75, 3.05) is 19.8 Å². The first-order valence-electron chi connectivity index (χ1n) is 6.65. The van der Waals surface area contributed by atoms with Crippen LogP contribution >= 0.6 is 0 Å². The van der Waals surface area contributed by atoms with E-state index in [9.17, 15) is 4.79 Å². The number of hydrogen-bond donors (Lipinski definition) is 0. The molecule has 1 unspecified atom stereocenters. The lowest BCUT2D eigenvalue weighted by Crippen LogP contribution is -2.22. The van der Waals surface area contributed by atoms with Crippen LogP contribution in [0.1, 0.15) is 52.9 Å². The molecule has 0 aliphatic heterocycles. The van der Waals surface area contributed by atoms with Gasteiger partial charge in [-0.05, 0) is 19.8 Å². The van der Waals surface area contributed by atoms with Crippen LogP contribution in [0.25, 0.3) is 0 Å². The normalized spacial score (nSPS) is 12.2. The molecule has 0 amide bonds. The predicted octanol–water partition coefficient (Wildman–Crippen LogP) is 3.54. The van der Waals surface area contributed by atoms with Gasteiger partial charge in [0.25, 0.3) is 0 Å². The molecule has 0 spiro atoms. The number of carbonyl (C=O) groups excluding carboxylic acids is 1. The zero-order valence-corrected chi connectivity index (χ0v) is 11.4. The van der Waals surface area contributed by atoms with E-state index >= 15 is 0 Å². The van der Waals surface area contributed by atoms with E-state index in [4.69, 9.17) is 14.2 Å². The maximum Gasteiger partial charge on any atom is 0.508 e. The lowest BCUT2D eigenvalue weighted by atomic mass is 10.2. The number of rotatable bonds is 10. The second-order valence-electron chi connectivity index (χ2n) is 3.96. The molecule has 0 saturated carbocycles. The molecule has 102 valence electrons. The molecule has 0 radical (unpaired) electrons. The molecule has 0 saturated heterocycles. The predicted molar refractivity (Wildman–Crippen MR) is 67.1 cm³/mol. The first kappa shape index (κ1) is 16.2. The molecule has 1 atom stereocenters. The molecule has 0 heterocycles. The van der Waals surface area contributed by atoms with Crippen molar-refractivity contribution >= 4 is 6.16 Å². The van der Waals surface area contributed by atoms with Gasteiger partial charge in [0.05, 0.1) is 12.7 Å². The van der Waals surface area contributed by atoms with Crippen LogP contribution < -0.4 is 0 Å². The summed E-state index contributed by atoms with van der Waals surface area (Å²) >= 11 is 0. The Morgan fingerprint density at radius 3 is 2.41 bits per heavy atom. The van der Waals surface area contributed by atoms with Gasteiger partial charge in [-0.15, -0.1) is 0 Å². The van der Waals surface area contributed by atoms with Crippen LogP contribution in [0.3, 0.4) is 0 Å². The molecule has 0 aliphatic rings. The van der Waals surface area contributed by atoms with E-state index in [1.54, 1.807) is 0 Å². The van der Waals surface area contributed by atoms with Gasteiger partial charge in [0.1, 0.15) is 6.61 Å². The van der Waals surface area contributed by atoms with Gasteiger partial charge >= 0.3 is 6.16 Å². The monoisotopic (exact) mass is 246 g/mol. The Morgan fingerprint density at radius 1 is 1.06 bits per heavy atom. The van der Waals surface area contributed by atoms with E-state index in [2.05, 4.69) is 6.92 Å². The van der Waals surface area contributed by atoms with Gasteiger partial charge in [-0.25, -0.2) is 4.79 Å². The Morgan fingerprint density at radius 2 is 1.82 bits per heavy atom. The molecular formula is C13H26O4. The molecule has 0 aromatic rings. The number of ether oxygens (including phenoxy) is 3. The molecule has 0 fully saturated rings. The van der Waals surface area contributed by atoms with Crippen molar-refractivity contribution in [3.63, 3.8) is 0 Å². The summed E-state index contributed by atoms with van der Waals surface area (Å²) in [6.07, 6.45) is 4.59. The van der Waals surface area contributed by atoms with Crippen molar-refractivity contribution in [3.05, 3.63) is 0 Å². The van der Waals surface area contributed by atoms with E-state index in [-0.39, 0.29) is 12.7 Å². The average molecular weight is 246 g/mol. The van der Waals surface area contributed by atoms with E-state index in [1.807, 2.05) is 13.8 Å². The highest BCUT2D eigenvalue weighted by Gasteiger charge is 2.10. The van der Waals surface area contributed by atoms with Gasteiger partial charge in [0.2, 0.25) is 0 Å². The largest absolute Gasteiger partial charge is 0.508 e. The minimum absolute atomic E-state index is 0.0207. The minimum atomic E-state index is -0.584. The molecule has 0 aliphatic carbocycles. The number of unbranched alkanes of at least 4 members (excludes halogenated alkanes) is 3. The molecule has 0 bridgehead atoms. The summed E-state index contributed by atoms with van der Waals surface area (Å²) in [7, 11) is 0. The Bertz CT molecular complexity index is 182. The fourth-order valence-corrected chi connectivity index (χ4v) is 1.41. The average Bonchev–Trinajstić information content (AvgIpc) is 2.34. The maximum atomic E-state index is 11.2. The van der Waals surface area contributed by atoms with Crippen LogP contribution in [-0.4, -0.2) is 32.1 Å².